The lowest BCUT2D eigenvalue weighted by atomic mass is 10.3. The van der Waals surface area contributed by atoms with Gasteiger partial charge in [-0.2, -0.15) is 0 Å². The molecule has 0 aromatic heterocycles. The molecule has 1 rings (SSSR count). The summed E-state index contributed by atoms with van der Waals surface area (Å²) in [6.07, 6.45) is 1.04. The summed E-state index contributed by atoms with van der Waals surface area (Å²) in [6, 6.07) is 2.14. The molecule has 19 heavy (non-hydrogen) atoms. The Hall–Kier alpha value is -1.53. The number of amides is 1. The fourth-order valence-electron chi connectivity index (χ4n) is 1.25. The second-order valence-corrected chi connectivity index (χ2v) is 4.48. The van der Waals surface area contributed by atoms with E-state index in [0.29, 0.717) is 6.54 Å². The van der Waals surface area contributed by atoms with Crippen molar-refractivity contribution in [3.63, 3.8) is 0 Å². The van der Waals surface area contributed by atoms with Crippen molar-refractivity contribution in [2.24, 2.45) is 0 Å². The standard InChI is InChI=1S/C11H12Cl2N2O4/c1-2-3-4-14-11(16)19-10-8(12)5-7(15(17)18)6-9(10)13/h5-6H,2-4H2,1H3,(H,14,16). The third-order valence-electron chi connectivity index (χ3n) is 2.19. The molecule has 0 aliphatic rings. The molecule has 0 saturated carbocycles. The Morgan fingerprint density at radius 3 is 2.47 bits per heavy atom. The van der Waals surface area contributed by atoms with Gasteiger partial charge in [0.1, 0.15) is 0 Å². The zero-order valence-electron chi connectivity index (χ0n) is 10.1. The van der Waals surface area contributed by atoms with Crippen LogP contribution in [0.2, 0.25) is 10.0 Å². The van der Waals surface area contributed by atoms with Gasteiger partial charge < -0.3 is 10.1 Å². The summed E-state index contributed by atoms with van der Waals surface area (Å²) in [7, 11) is 0. The zero-order valence-corrected chi connectivity index (χ0v) is 11.6. The first-order valence-electron chi connectivity index (χ1n) is 5.54. The number of hydrogen-bond donors (Lipinski definition) is 1. The molecule has 0 atom stereocenters. The number of rotatable bonds is 5. The van der Waals surface area contributed by atoms with E-state index >= 15 is 0 Å². The molecular formula is C11H12Cl2N2O4. The normalized spacial score (nSPS) is 10.1. The third-order valence-corrected chi connectivity index (χ3v) is 2.75. The maximum Gasteiger partial charge on any atom is 0.412 e. The maximum absolute atomic E-state index is 11.4. The van der Waals surface area contributed by atoms with Crippen LogP contribution < -0.4 is 10.1 Å². The Morgan fingerprint density at radius 2 is 2.00 bits per heavy atom. The Kier molecular flexibility index (Phi) is 5.85. The van der Waals surface area contributed by atoms with Gasteiger partial charge >= 0.3 is 6.09 Å². The molecule has 104 valence electrons. The molecule has 0 saturated heterocycles. The predicted octanol–water partition coefficient (Wildman–Crippen LogP) is 3.79. The van der Waals surface area contributed by atoms with Crippen LogP contribution in [-0.4, -0.2) is 17.6 Å². The molecule has 0 bridgehead atoms. The highest BCUT2D eigenvalue weighted by Crippen LogP contribution is 2.36. The molecule has 0 aliphatic heterocycles. The van der Waals surface area contributed by atoms with Crippen LogP contribution in [0.5, 0.6) is 5.75 Å². The van der Waals surface area contributed by atoms with Crippen molar-refractivity contribution in [3.8, 4) is 5.75 Å². The number of non-ortho nitro benzene ring substituents is 1. The number of carbonyl (C=O) groups is 1. The van der Waals surface area contributed by atoms with E-state index in [-0.39, 0.29) is 21.5 Å². The van der Waals surface area contributed by atoms with Crippen molar-refractivity contribution < 1.29 is 14.5 Å². The highest BCUT2D eigenvalue weighted by atomic mass is 35.5. The molecular weight excluding hydrogens is 295 g/mol. The van der Waals surface area contributed by atoms with E-state index in [2.05, 4.69) is 5.32 Å². The largest absolute Gasteiger partial charge is 0.412 e. The minimum Gasteiger partial charge on any atom is -0.407 e. The lowest BCUT2D eigenvalue weighted by Crippen LogP contribution is -2.27. The molecule has 8 heteroatoms. The molecule has 0 spiro atoms. The maximum atomic E-state index is 11.4. The lowest BCUT2D eigenvalue weighted by Gasteiger charge is -2.09. The fourth-order valence-corrected chi connectivity index (χ4v) is 1.80. The van der Waals surface area contributed by atoms with E-state index in [1.807, 2.05) is 6.92 Å². The van der Waals surface area contributed by atoms with Crippen LogP contribution in [0.1, 0.15) is 19.8 Å². The second kappa shape index (κ2) is 7.16. The van der Waals surface area contributed by atoms with Crippen molar-refractivity contribution in [1.82, 2.24) is 5.32 Å². The summed E-state index contributed by atoms with van der Waals surface area (Å²) in [5, 5.41) is 12.9. The molecule has 0 unspecified atom stereocenters. The van der Waals surface area contributed by atoms with Crippen molar-refractivity contribution in [2.45, 2.75) is 19.8 Å². The zero-order chi connectivity index (χ0) is 14.4. The summed E-state index contributed by atoms with van der Waals surface area (Å²) in [4.78, 5) is 21.4. The molecule has 1 N–H and O–H groups in total. The van der Waals surface area contributed by atoms with Crippen LogP contribution in [0.4, 0.5) is 10.5 Å². The number of hydrogen-bond acceptors (Lipinski definition) is 4. The van der Waals surface area contributed by atoms with E-state index in [4.69, 9.17) is 27.9 Å². The highest BCUT2D eigenvalue weighted by Gasteiger charge is 2.18. The molecule has 6 nitrogen and oxygen atoms in total. The van der Waals surface area contributed by atoms with Gasteiger partial charge in [-0.3, -0.25) is 10.1 Å². The predicted molar refractivity (Wildman–Crippen MR) is 72.1 cm³/mol. The Balaban J connectivity index is 2.79. The van der Waals surface area contributed by atoms with E-state index in [9.17, 15) is 14.9 Å². The average Bonchev–Trinajstić information content (AvgIpc) is 2.33. The number of nitrogens with zero attached hydrogens (tertiary/aromatic N) is 1. The Labute approximate surface area is 119 Å². The molecule has 1 aromatic carbocycles. The summed E-state index contributed by atoms with van der Waals surface area (Å²) in [5.41, 5.74) is -0.270. The number of nitrogens with one attached hydrogen (secondary N) is 1. The first-order valence-corrected chi connectivity index (χ1v) is 6.30. The van der Waals surface area contributed by atoms with Crippen LogP contribution in [0, 0.1) is 10.1 Å². The number of nitro groups is 1. The van der Waals surface area contributed by atoms with Gasteiger partial charge in [0.15, 0.2) is 5.75 Å². The average molecular weight is 307 g/mol. The van der Waals surface area contributed by atoms with Crippen molar-refractivity contribution >= 4 is 35.0 Å². The van der Waals surface area contributed by atoms with Crippen molar-refractivity contribution in [3.05, 3.63) is 32.3 Å². The van der Waals surface area contributed by atoms with Gasteiger partial charge in [0.05, 0.1) is 15.0 Å². The third kappa shape index (κ3) is 4.57. The van der Waals surface area contributed by atoms with Crippen LogP contribution in [-0.2, 0) is 0 Å². The quantitative estimate of drug-likeness (QED) is 0.510. The van der Waals surface area contributed by atoms with Gasteiger partial charge in [-0.25, -0.2) is 4.79 Å². The monoisotopic (exact) mass is 306 g/mol. The smallest absolute Gasteiger partial charge is 0.407 e. The van der Waals surface area contributed by atoms with Crippen molar-refractivity contribution in [2.75, 3.05) is 6.54 Å². The fraction of sp³-hybridized carbons (Fsp3) is 0.364. The summed E-state index contributed by atoms with van der Waals surface area (Å²) < 4.78 is 4.92. The number of ether oxygens (including phenoxy) is 1. The van der Waals surface area contributed by atoms with Gasteiger partial charge in [0.2, 0.25) is 0 Å². The molecule has 0 heterocycles. The molecule has 0 fully saturated rings. The molecule has 1 aromatic rings. The van der Waals surface area contributed by atoms with Gasteiger partial charge in [0, 0.05) is 18.7 Å². The highest BCUT2D eigenvalue weighted by molar-refractivity contribution is 6.37. The minimum absolute atomic E-state index is 0.0927. The van der Waals surface area contributed by atoms with Crippen LogP contribution in [0.3, 0.4) is 0 Å². The number of carbonyl (C=O) groups excluding carboxylic acids is 1. The van der Waals surface area contributed by atoms with Gasteiger partial charge in [-0.15, -0.1) is 0 Å². The number of unbranched alkanes of at least 4 members (excludes halogenated alkanes) is 1. The molecule has 0 radical (unpaired) electrons. The van der Waals surface area contributed by atoms with Crippen molar-refractivity contribution in [1.29, 1.82) is 0 Å². The van der Waals surface area contributed by atoms with E-state index in [0.717, 1.165) is 25.0 Å². The minimum atomic E-state index is -0.703. The van der Waals surface area contributed by atoms with E-state index in [1.165, 1.54) is 0 Å². The SMILES string of the molecule is CCCCNC(=O)Oc1c(Cl)cc([N+](=O)[O-])cc1Cl. The first-order chi connectivity index (χ1) is 8.95. The molecule has 0 aliphatic carbocycles. The van der Waals surface area contributed by atoms with E-state index < -0.39 is 11.0 Å². The summed E-state index contributed by atoms with van der Waals surface area (Å²) >= 11 is 11.6. The number of benzene rings is 1. The van der Waals surface area contributed by atoms with Crippen LogP contribution in [0.15, 0.2) is 12.1 Å². The summed E-state index contributed by atoms with van der Waals surface area (Å²) in [5.74, 6) is -0.0945. The van der Waals surface area contributed by atoms with E-state index in [1.54, 1.807) is 0 Å². The molecule has 1 amide bonds. The van der Waals surface area contributed by atoms with Gasteiger partial charge in [-0.05, 0) is 6.42 Å². The van der Waals surface area contributed by atoms with Gasteiger partial charge in [-0.1, -0.05) is 36.5 Å². The number of halogens is 2. The van der Waals surface area contributed by atoms with Crippen LogP contribution >= 0.6 is 23.2 Å². The lowest BCUT2D eigenvalue weighted by molar-refractivity contribution is -0.384. The summed E-state index contributed by atoms with van der Waals surface area (Å²) in [6.45, 7) is 2.45. The van der Waals surface area contributed by atoms with Gasteiger partial charge in [0.25, 0.3) is 5.69 Å². The first kappa shape index (κ1) is 15.5. The Morgan fingerprint density at radius 1 is 1.42 bits per heavy atom. The van der Waals surface area contributed by atoms with Crippen LogP contribution in [0.25, 0.3) is 0 Å². The second-order valence-electron chi connectivity index (χ2n) is 3.67. The number of nitro benzene ring substituents is 1. The topological polar surface area (TPSA) is 81.5 Å². The Bertz CT molecular complexity index is 471.